The maximum atomic E-state index is 12.8. The molecule has 0 amide bonds. The van der Waals surface area contributed by atoms with Gasteiger partial charge in [-0.1, -0.05) is 22.9 Å². The molecule has 0 fully saturated rings. The standard InChI is InChI=1S/C14H15BrF3N3/c1-3-11-7-13(21(2)20-11)8-19-12-5-9(14(16,17)18)4-10(15)6-12/h4-7,19H,3,8H2,1-2H3. The highest BCUT2D eigenvalue weighted by molar-refractivity contribution is 9.10. The summed E-state index contributed by atoms with van der Waals surface area (Å²) < 4.78 is 40.4. The molecule has 2 rings (SSSR count). The van der Waals surface area contributed by atoms with Crippen LogP contribution >= 0.6 is 15.9 Å². The Kier molecular flexibility index (Phi) is 4.61. The lowest BCUT2D eigenvalue weighted by Crippen LogP contribution is -2.08. The molecule has 1 N–H and O–H groups in total. The van der Waals surface area contributed by atoms with Gasteiger partial charge in [0.15, 0.2) is 0 Å². The van der Waals surface area contributed by atoms with E-state index in [4.69, 9.17) is 0 Å². The fourth-order valence-electron chi connectivity index (χ4n) is 1.96. The van der Waals surface area contributed by atoms with Crippen LogP contribution in [0.2, 0.25) is 0 Å². The number of aryl methyl sites for hydroxylation is 2. The number of benzene rings is 1. The first-order chi connectivity index (χ1) is 9.79. The second-order valence-corrected chi connectivity index (χ2v) is 5.60. The van der Waals surface area contributed by atoms with E-state index in [0.717, 1.165) is 29.9 Å². The van der Waals surface area contributed by atoms with Gasteiger partial charge in [-0.2, -0.15) is 18.3 Å². The van der Waals surface area contributed by atoms with Crippen LogP contribution in [0.5, 0.6) is 0 Å². The highest BCUT2D eigenvalue weighted by atomic mass is 79.9. The quantitative estimate of drug-likeness (QED) is 0.875. The van der Waals surface area contributed by atoms with Gasteiger partial charge in [-0.15, -0.1) is 0 Å². The molecule has 0 bridgehead atoms. The number of aromatic nitrogens is 2. The monoisotopic (exact) mass is 361 g/mol. The topological polar surface area (TPSA) is 29.9 Å². The molecule has 114 valence electrons. The third kappa shape index (κ3) is 4.00. The van der Waals surface area contributed by atoms with Gasteiger partial charge < -0.3 is 5.32 Å². The van der Waals surface area contributed by atoms with Crippen molar-refractivity contribution in [2.75, 3.05) is 5.32 Å². The number of rotatable bonds is 4. The van der Waals surface area contributed by atoms with E-state index < -0.39 is 11.7 Å². The van der Waals surface area contributed by atoms with Gasteiger partial charge in [0.2, 0.25) is 0 Å². The van der Waals surface area contributed by atoms with Crippen molar-refractivity contribution in [2.24, 2.45) is 7.05 Å². The zero-order valence-electron chi connectivity index (χ0n) is 11.6. The van der Waals surface area contributed by atoms with E-state index in [1.54, 1.807) is 10.7 Å². The van der Waals surface area contributed by atoms with Crippen LogP contribution in [-0.2, 0) is 26.2 Å². The van der Waals surface area contributed by atoms with Crippen LogP contribution in [-0.4, -0.2) is 9.78 Å². The second-order valence-electron chi connectivity index (χ2n) is 4.68. The van der Waals surface area contributed by atoms with Gasteiger partial charge in [0.25, 0.3) is 0 Å². The van der Waals surface area contributed by atoms with E-state index >= 15 is 0 Å². The summed E-state index contributed by atoms with van der Waals surface area (Å²) in [6.45, 7) is 2.42. The summed E-state index contributed by atoms with van der Waals surface area (Å²) in [5, 5.41) is 7.30. The minimum atomic E-state index is -4.36. The van der Waals surface area contributed by atoms with Crippen LogP contribution in [0.15, 0.2) is 28.7 Å². The Hall–Kier alpha value is -1.50. The number of anilines is 1. The van der Waals surface area contributed by atoms with Crippen molar-refractivity contribution in [2.45, 2.75) is 26.1 Å². The van der Waals surface area contributed by atoms with E-state index in [1.165, 1.54) is 0 Å². The summed E-state index contributed by atoms with van der Waals surface area (Å²) in [4.78, 5) is 0. The Balaban J connectivity index is 2.16. The molecule has 3 nitrogen and oxygen atoms in total. The van der Waals surface area contributed by atoms with Crippen molar-refractivity contribution in [1.82, 2.24) is 9.78 Å². The number of nitrogens with zero attached hydrogens (tertiary/aromatic N) is 2. The van der Waals surface area contributed by atoms with Gasteiger partial charge in [0.1, 0.15) is 0 Å². The first-order valence-electron chi connectivity index (χ1n) is 6.43. The summed E-state index contributed by atoms with van der Waals surface area (Å²) in [6, 6.07) is 5.72. The van der Waals surface area contributed by atoms with Gasteiger partial charge >= 0.3 is 6.18 Å². The van der Waals surface area contributed by atoms with E-state index in [-0.39, 0.29) is 0 Å². The summed E-state index contributed by atoms with van der Waals surface area (Å²) in [5.74, 6) is 0. The zero-order valence-corrected chi connectivity index (χ0v) is 13.2. The number of nitrogens with one attached hydrogen (secondary N) is 1. The number of halogens is 4. The average molecular weight is 362 g/mol. The van der Waals surface area contributed by atoms with Gasteiger partial charge in [-0.3, -0.25) is 4.68 Å². The van der Waals surface area contributed by atoms with E-state index in [2.05, 4.69) is 26.3 Å². The smallest absolute Gasteiger partial charge is 0.379 e. The second kappa shape index (κ2) is 6.09. The molecule has 0 atom stereocenters. The predicted molar refractivity (Wildman–Crippen MR) is 79.1 cm³/mol. The SMILES string of the molecule is CCc1cc(CNc2cc(Br)cc(C(F)(F)F)c2)n(C)n1. The van der Waals surface area contributed by atoms with Gasteiger partial charge in [-0.25, -0.2) is 0 Å². The molecule has 0 unspecified atom stereocenters. The third-order valence-corrected chi connectivity index (χ3v) is 3.55. The molecular weight excluding hydrogens is 347 g/mol. The Morgan fingerprint density at radius 3 is 2.52 bits per heavy atom. The van der Waals surface area contributed by atoms with Crippen molar-refractivity contribution in [3.63, 3.8) is 0 Å². The fourth-order valence-corrected chi connectivity index (χ4v) is 2.45. The maximum Gasteiger partial charge on any atom is 0.416 e. The van der Waals surface area contributed by atoms with Crippen LogP contribution in [0.25, 0.3) is 0 Å². The van der Waals surface area contributed by atoms with Crippen molar-refractivity contribution in [3.05, 3.63) is 45.7 Å². The lowest BCUT2D eigenvalue weighted by molar-refractivity contribution is -0.137. The molecule has 1 heterocycles. The molecule has 0 spiro atoms. The summed E-state index contributed by atoms with van der Waals surface area (Å²) >= 11 is 3.10. The van der Waals surface area contributed by atoms with Gasteiger partial charge in [-0.05, 0) is 30.7 Å². The Bertz CT molecular complexity index is 635. The van der Waals surface area contributed by atoms with Gasteiger partial charge in [0, 0.05) is 17.2 Å². The Morgan fingerprint density at radius 2 is 1.95 bits per heavy atom. The Morgan fingerprint density at radius 1 is 1.24 bits per heavy atom. The van der Waals surface area contributed by atoms with Crippen LogP contribution in [0.3, 0.4) is 0 Å². The molecule has 0 aliphatic heterocycles. The van der Waals surface area contributed by atoms with Crippen LogP contribution < -0.4 is 5.32 Å². The molecule has 2 aromatic rings. The molecule has 0 saturated heterocycles. The van der Waals surface area contributed by atoms with Crippen LogP contribution in [0.1, 0.15) is 23.9 Å². The number of hydrogen-bond donors (Lipinski definition) is 1. The molecule has 1 aromatic carbocycles. The summed E-state index contributed by atoms with van der Waals surface area (Å²) in [6.07, 6.45) is -3.54. The minimum Gasteiger partial charge on any atom is -0.379 e. The molecule has 21 heavy (non-hydrogen) atoms. The maximum absolute atomic E-state index is 12.8. The molecule has 7 heteroatoms. The predicted octanol–water partition coefficient (Wildman–Crippen LogP) is 4.38. The lowest BCUT2D eigenvalue weighted by Gasteiger charge is -2.12. The molecule has 0 aliphatic rings. The van der Waals surface area contributed by atoms with E-state index in [0.29, 0.717) is 16.7 Å². The van der Waals surface area contributed by atoms with Crippen molar-refractivity contribution >= 4 is 21.6 Å². The van der Waals surface area contributed by atoms with Crippen molar-refractivity contribution < 1.29 is 13.2 Å². The first kappa shape index (κ1) is 15.9. The van der Waals surface area contributed by atoms with Crippen LogP contribution in [0.4, 0.5) is 18.9 Å². The largest absolute Gasteiger partial charge is 0.416 e. The third-order valence-electron chi connectivity index (χ3n) is 3.09. The molecular formula is C14H15BrF3N3. The fraction of sp³-hybridized carbons (Fsp3) is 0.357. The summed E-state index contributed by atoms with van der Waals surface area (Å²) in [7, 11) is 1.82. The number of alkyl halides is 3. The van der Waals surface area contributed by atoms with Crippen molar-refractivity contribution in [3.8, 4) is 0 Å². The van der Waals surface area contributed by atoms with E-state index in [1.807, 2.05) is 20.0 Å². The Labute approximate surface area is 129 Å². The van der Waals surface area contributed by atoms with E-state index in [9.17, 15) is 13.2 Å². The van der Waals surface area contributed by atoms with Gasteiger partial charge in [0.05, 0.1) is 23.5 Å². The minimum absolute atomic E-state index is 0.388. The normalized spacial score (nSPS) is 11.7. The number of hydrogen-bond acceptors (Lipinski definition) is 2. The van der Waals surface area contributed by atoms with Crippen molar-refractivity contribution in [1.29, 1.82) is 0 Å². The molecule has 0 radical (unpaired) electrons. The molecule has 1 aromatic heterocycles. The lowest BCUT2D eigenvalue weighted by atomic mass is 10.2. The molecule has 0 saturated carbocycles. The molecule has 0 aliphatic carbocycles. The first-order valence-corrected chi connectivity index (χ1v) is 7.22. The highest BCUT2D eigenvalue weighted by Crippen LogP contribution is 2.33. The zero-order chi connectivity index (χ0) is 15.6. The van der Waals surface area contributed by atoms with Crippen LogP contribution in [0, 0.1) is 0 Å². The highest BCUT2D eigenvalue weighted by Gasteiger charge is 2.31. The average Bonchev–Trinajstić information content (AvgIpc) is 2.75. The summed E-state index contributed by atoms with van der Waals surface area (Å²) in [5.41, 5.74) is 1.61.